The molecule has 2 aliphatic carbocycles. The molecular formula is C24H38. The first-order valence-corrected chi connectivity index (χ1v) is 10.8. The first kappa shape index (κ1) is 18.0. The van der Waals surface area contributed by atoms with Crippen molar-refractivity contribution in [2.75, 3.05) is 0 Å². The van der Waals surface area contributed by atoms with Crippen molar-refractivity contribution in [1.82, 2.24) is 0 Å². The molecule has 3 rings (SSSR count). The van der Waals surface area contributed by atoms with Crippen LogP contribution in [0.15, 0.2) is 24.3 Å². The Balaban J connectivity index is 1.36. The van der Waals surface area contributed by atoms with Gasteiger partial charge in [-0.25, -0.2) is 0 Å². The fourth-order valence-corrected chi connectivity index (χ4v) is 5.43. The van der Waals surface area contributed by atoms with Crippen molar-refractivity contribution in [3.8, 4) is 0 Å². The van der Waals surface area contributed by atoms with Gasteiger partial charge in [0.15, 0.2) is 0 Å². The molecule has 0 bridgehead atoms. The summed E-state index contributed by atoms with van der Waals surface area (Å²) < 4.78 is 0. The van der Waals surface area contributed by atoms with E-state index in [1.807, 2.05) is 0 Å². The van der Waals surface area contributed by atoms with Crippen molar-refractivity contribution >= 4 is 0 Å². The van der Waals surface area contributed by atoms with Crippen molar-refractivity contribution in [2.45, 2.75) is 90.9 Å². The van der Waals surface area contributed by atoms with E-state index < -0.39 is 0 Å². The number of rotatable bonds is 6. The summed E-state index contributed by atoms with van der Waals surface area (Å²) in [6, 6.07) is 9.19. The van der Waals surface area contributed by atoms with Crippen LogP contribution in [0.4, 0.5) is 0 Å². The topological polar surface area (TPSA) is 0 Å². The Morgan fingerprint density at radius 3 is 1.71 bits per heavy atom. The van der Waals surface area contributed by atoms with Crippen molar-refractivity contribution in [2.24, 2.45) is 23.7 Å². The first-order chi connectivity index (χ1) is 11.7. The third-order valence-corrected chi connectivity index (χ3v) is 7.11. The van der Waals surface area contributed by atoms with Gasteiger partial charge in [-0.05, 0) is 74.7 Å². The Kier molecular flexibility index (Phi) is 6.81. The van der Waals surface area contributed by atoms with E-state index in [1.54, 1.807) is 12.8 Å². The van der Waals surface area contributed by atoms with Gasteiger partial charge >= 0.3 is 0 Å². The van der Waals surface area contributed by atoms with Crippen molar-refractivity contribution in [1.29, 1.82) is 0 Å². The SMILES string of the molecule is CCC[C@H]1CC[C@H](C2CCC(CCc3ccc(C)cc3)CC2)CC1. The molecule has 0 aromatic heterocycles. The van der Waals surface area contributed by atoms with Gasteiger partial charge in [0.2, 0.25) is 0 Å². The summed E-state index contributed by atoms with van der Waals surface area (Å²) in [5.41, 5.74) is 2.92. The molecule has 1 aromatic rings. The Morgan fingerprint density at radius 1 is 0.708 bits per heavy atom. The minimum atomic E-state index is 0.999. The summed E-state index contributed by atoms with van der Waals surface area (Å²) >= 11 is 0. The second kappa shape index (κ2) is 9.07. The van der Waals surface area contributed by atoms with Crippen molar-refractivity contribution in [3.05, 3.63) is 35.4 Å². The van der Waals surface area contributed by atoms with Crippen LogP contribution < -0.4 is 0 Å². The van der Waals surface area contributed by atoms with Gasteiger partial charge in [-0.1, -0.05) is 75.3 Å². The van der Waals surface area contributed by atoms with Crippen LogP contribution in [-0.2, 0) is 6.42 Å². The maximum absolute atomic E-state index is 2.35. The zero-order valence-electron chi connectivity index (χ0n) is 16.1. The van der Waals surface area contributed by atoms with Crippen LogP contribution in [0.2, 0.25) is 0 Å². The molecule has 2 fully saturated rings. The maximum atomic E-state index is 2.35. The predicted molar refractivity (Wildman–Crippen MR) is 105 cm³/mol. The van der Waals surface area contributed by atoms with Crippen LogP contribution >= 0.6 is 0 Å². The van der Waals surface area contributed by atoms with E-state index >= 15 is 0 Å². The lowest BCUT2D eigenvalue weighted by atomic mass is 9.68. The molecular weight excluding hydrogens is 288 g/mol. The predicted octanol–water partition coefficient (Wildman–Crippen LogP) is 7.34. The Labute approximate surface area is 150 Å². The molecule has 0 N–H and O–H groups in total. The monoisotopic (exact) mass is 326 g/mol. The molecule has 1 aromatic carbocycles. The van der Waals surface area contributed by atoms with Crippen molar-refractivity contribution in [3.63, 3.8) is 0 Å². The molecule has 24 heavy (non-hydrogen) atoms. The lowest BCUT2D eigenvalue weighted by Gasteiger charge is -2.38. The smallest absolute Gasteiger partial charge is 0.0276 e. The van der Waals surface area contributed by atoms with Crippen LogP contribution in [0.25, 0.3) is 0 Å². The van der Waals surface area contributed by atoms with Crippen LogP contribution in [0, 0.1) is 30.6 Å². The third kappa shape index (κ3) is 5.11. The summed E-state index contributed by atoms with van der Waals surface area (Å²) in [6.07, 6.45) is 17.8. The van der Waals surface area contributed by atoms with E-state index in [4.69, 9.17) is 0 Å². The van der Waals surface area contributed by atoms with Crippen LogP contribution in [0.5, 0.6) is 0 Å². The van der Waals surface area contributed by atoms with E-state index in [9.17, 15) is 0 Å². The molecule has 0 heteroatoms. The Hall–Kier alpha value is -0.780. The van der Waals surface area contributed by atoms with Gasteiger partial charge in [0, 0.05) is 0 Å². The van der Waals surface area contributed by atoms with E-state index in [0.29, 0.717) is 0 Å². The zero-order chi connectivity index (χ0) is 16.8. The Morgan fingerprint density at radius 2 is 1.21 bits per heavy atom. The van der Waals surface area contributed by atoms with Gasteiger partial charge in [0.25, 0.3) is 0 Å². The summed E-state index contributed by atoms with van der Waals surface area (Å²) in [5, 5.41) is 0. The molecule has 2 aliphatic rings. The highest BCUT2D eigenvalue weighted by Crippen LogP contribution is 2.42. The quantitative estimate of drug-likeness (QED) is 0.513. The van der Waals surface area contributed by atoms with Gasteiger partial charge < -0.3 is 0 Å². The maximum Gasteiger partial charge on any atom is -0.0276 e. The minimum absolute atomic E-state index is 0.999. The van der Waals surface area contributed by atoms with Crippen LogP contribution in [0.3, 0.4) is 0 Å². The highest BCUT2D eigenvalue weighted by molar-refractivity contribution is 5.21. The average molecular weight is 327 g/mol. The molecule has 0 heterocycles. The number of hydrogen-bond acceptors (Lipinski definition) is 0. The molecule has 0 saturated heterocycles. The van der Waals surface area contributed by atoms with Gasteiger partial charge in [-0.15, -0.1) is 0 Å². The molecule has 0 unspecified atom stereocenters. The second-order valence-corrected chi connectivity index (χ2v) is 8.87. The van der Waals surface area contributed by atoms with E-state index in [0.717, 1.165) is 23.7 Å². The summed E-state index contributed by atoms with van der Waals surface area (Å²) in [7, 11) is 0. The molecule has 134 valence electrons. The first-order valence-electron chi connectivity index (χ1n) is 10.8. The normalized spacial score (nSPS) is 31.1. The van der Waals surface area contributed by atoms with Gasteiger partial charge in [0.1, 0.15) is 0 Å². The largest absolute Gasteiger partial charge is 0.0654 e. The third-order valence-electron chi connectivity index (χ3n) is 7.11. The molecule has 0 amide bonds. The summed E-state index contributed by atoms with van der Waals surface area (Å²) in [4.78, 5) is 0. The molecule has 2 saturated carbocycles. The highest BCUT2D eigenvalue weighted by atomic mass is 14.4. The molecule has 0 atom stereocenters. The fraction of sp³-hybridized carbons (Fsp3) is 0.750. The summed E-state index contributed by atoms with van der Waals surface area (Å²) in [5.74, 6) is 4.22. The van der Waals surface area contributed by atoms with E-state index in [-0.39, 0.29) is 0 Å². The van der Waals surface area contributed by atoms with Gasteiger partial charge in [-0.3, -0.25) is 0 Å². The van der Waals surface area contributed by atoms with Crippen molar-refractivity contribution < 1.29 is 0 Å². The van der Waals surface area contributed by atoms with Crippen LogP contribution in [0.1, 0.15) is 88.7 Å². The van der Waals surface area contributed by atoms with E-state index in [1.165, 1.54) is 75.3 Å². The number of benzene rings is 1. The average Bonchev–Trinajstić information content (AvgIpc) is 2.63. The lowest BCUT2D eigenvalue weighted by molar-refractivity contribution is 0.141. The molecule has 0 nitrogen and oxygen atoms in total. The number of aryl methyl sites for hydroxylation is 2. The fourth-order valence-electron chi connectivity index (χ4n) is 5.43. The van der Waals surface area contributed by atoms with Gasteiger partial charge in [-0.2, -0.15) is 0 Å². The van der Waals surface area contributed by atoms with Crippen LogP contribution in [-0.4, -0.2) is 0 Å². The highest BCUT2D eigenvalue weighted by Gasteiger charge is 2.30. The zero-order valence-corrected chi connectivity index (χ0v) is 16.1. The van der Waals surface area contributed by atoms with Gasteiger partial charge in [0.05, 0.1) is 0 Å². The molecule has 0 aliphatic heterocycles. The standard InChI is InChI=1S/C24H38/c1-3-4-20-11-15-23(16-12-20)24-17-13-22(14-18-24)10-9-21-7-5-19(2)6-8-21/h5-8,20,22-24H,3-4,9-18H2,1-2H3/t20-,22?,23-,24?. The second-order valence-electron chi connectivity index (χ2n) is 8.87. The summed E-state index contributed by atoms with van der Waals surface area (Å²) in [6.45, 7) is 4.53. The number of hydrogen-bond donors (Lipinski definition) is 0. The molecule has 0 radical (unpaired) electrons. The molecule has 0 spiro atoms. The Bertz CT molecular complexity index is 455. The lowest BCUT2D eigenvalue weighted by Crippen LogP contribution is -2.26. The van der Waals surface area contributed by atoms with E-state index in [2.05, 4.69) is 38.1 Å². The minimum Gasteiger partial charge on any atom is -0.0654 e.